The molecular formula is C24H23FN2O2S. The normalized spacial score (nSPS) is 18.9. The van der Waals surface area contributed by atoms with Crippen molar-refractivity contribution in [2.75, 3.05) is 13.1 Å². The summed E-state index contributed by atoms with van der Waals surface area (Å²) in [6.07, 6.45) is 1.75. The molecule has 2 heterocycles. The molecule has 3 aromatic rings. The SMILES string of the molecule is NC(=O)[C@@]1(Cc2ccccc2-c2cccs2)CCCN(C(=O)c2cccc(F)c2)C1. The molecule has 1 aromatic heterocycles. The first-order chi connectivity index (χ1) is 14.5. The van der Waals surface area contributed by atoms with E-state index < -0.39 is 17.1 Å². The van der Waals surface area contributed by atoms with Gasteiger partial charge in [0.25, 0.3) is 5.91 Å². The number of thiophene rings is 1. The zero-order valence-corrected chi connectivity index (χ0v) is 17.3. The number of primary amides is 1. The molecule has 1 saturated heterocycles. The summed E-state index contributed by atoms with van der Waals surface area (Å²) in [6.45, 7) is 0.757. The fraction of sp³-hybridized carbons (Fsp3) is 0.250. The van der Waals surface area contributed by atoms with Crippen LogP contribution >= 0.6 is 11.3 Å². The van der Waals surface area contributed by atoms with Gasteiger partial charge in [-0.3, -0.25) is 9.59 Å². The average Bonchev–Trinajstić information content (AvgIpc) is 3.28. The Morgan fingerprint density at radius 3 is 2.67 bits per heavy atom. The molecular weight excluding hydrogens is 399 g/mol. The number of piperidine rings is 1. The molecule has 2 amide bonds. The van der Waals surface area contributed by atoms with E-state index in [2.05, 4.69) is 6.07 Å². The number of carbonyl (C=O) groups is 2. The third-order valence-corrected chi connectivity index (χ3v) is 6.69. The highest BCUT2D eigenvalue weighted by Gasteiger charge is 2.42. The van der Waals surface area contributed by atoms with E-state index in [1.807, 2.05) is 35.7 Å². The van der Waals surface area contributed by atoms with Gasteiger partial charge in [-0.15, -0.1) is 11.3 Å². The lowest BCUT2D eigenvalue weighted by atomic mass is 9.73. The molecule has 1 aliphatic heterocycles. The lowest BCUT2D eigenvalue weighted by Crippen LogP contribution is -2.53. The van der Waals surface area contributed by atoms with Crippen LogP contribution in [-0.4, -0.2) is 29.8 Å². The molecule has 2 aromatic carbocycles. The molecule has 154 valence electrons. The van der Waals surface area contributed by atoms with E-state index in [-0.39, 0.29) is 18.0 Å². The summed E-state index contributed by atoms with van der Waals surface area (Å²) in [5, 5.41) is 2.02. The molecule has 0 radical (unpaired) electrons. The summed E-state index contributed by atoms with van der Waals surface area (Å²) < 4.78 is 13.6. The number of likely N-dealkylation sites (tertiary alicyclic amines) is 1. The summed E-state index contributed by atoms with van der Waals surface area (Å²) in [7, 11) is 0. The minimum absolute atomic E-state index is 0.233. The second kappa shape index (κ2) is 8.40. The lowest BCUT2D eigenvalue weighted by Gasteiger charge is -2.41. The number of hydrogen-bond acceptors (Lipinski definition) is 3. The van der Waals surface area contributed by atoms with Crippen LogP contribution in [0.2, 0.25) is 0 Å². The Balaban J connectivity index is 1.64. The minimum atomic E-state index is -0.853. The van der Waals surface area contributed by atoms with Crippen LogP contribution < -0.4 is 5.73 Å². The summed E-state index contributed by atoms with van der Waals surface area (Å²) in [5.41, 5.74) is 7.47. The van der Waals surface area contributed by atoms with Gasteiger partial charge in [0.15, 0.2) is 0 Å². The molecule has 1 atom stereocenters. The second-order valence-corrected chi connectivity index (χ2v) is 8.74. The number of halogens is 1. The van der Waals surface area contributed by atoms with Crippen molar-refractivity contribution in [2.24, 2.45) is 11.1 Å². The Bertz CT molecular complexity index is 1070. The van der Waals surface area contributed by atoms with E-state index in [0.29, 0.717) is 25.8 Å². The Morgan fingerprint density at radius 1 is 1.10 bits per heavy atom. The number of carbonyl (C=O) groups excluding carboxylic acids is 2. The molecule has 30 heavy (non-hydrogen) atoms. The highest BCUT2D eigenvalue weighted by Crippen LogP contribution is 2.38. The van der Waals surface area contributed by atoms with E-state index in [9.17, 15) is 14.0 Å². The van der Waals surface area contributed by atoms with Gasteiger partial charge in [0.2, 0.25) is 5.91 Å². The third kappa shape index (κ3) is 4.00. The van der Waals surface area contributed by atoms with Crippen molar-refractivity contribution in [3.05, 3.63) is 83.0 Å². The fourth-order valence-corrected chi connectivity index (χ4v) is 5.04. The van der Waals surface area contributed by atoms with Crippen molar-refractivity contribution < 1.29 is 14.0 Å². The number of benzene rings is 2. The lowest BCUT2D eigenvalue weighted by molar-refractivity contribution is -0.130. The standard InChI is InChI=1S/C24H23FN2O2S/c25-19-8-3-7-17(14-19)22(28)27-12-5-11-24(16-27,23(26)29)15-18-6-1-2-9-20(18)21-10-4-13-30-21/h1-4,6-10,13-14H,5,11-12,15-16H2,(H2,26,29)/t24-/m1/s1. The van der Waals surface area contributed by atoms with Crippen LogP contribution in [0, 0.1) is 11.2 Å². The number of nitrogens with zero attached hydrogens (tertiary/aromatic N) is 1. The van der Waals surface area contributed by atoms with Crippen molar-refractivity contribution in [1.29, 1.82) is 0 Å². The van der Waals surface area contributed by atoms with Crippen molar-refractivity contribution in [3.63, 3.8) is 0 Å². The molecule has 1 fully saturated rings. The molecule has 1 aliphatic rings. The van der Waals surface area contributed by atoms with E-state index in [1.54, 1.807) is 22.3 Å². The van der Waals surface area contributed by atoms with Crippen molar-refractivity contribution in [1.82, 2.24) is 4.90 Å². The van der Waals surface area contributed by atoms with Gasteiger partial charge in [-0.25, -0.2) is 4.39 Å². The van der Waals surface area contributed by atoms with Crippen molar-refractivity contribution in [2.45, 2.75) is 19.3 Å². The largest absolute Gasteiger partial charge is 0.369 e. The van der Waals surface area contributed by atoms with Crippen LogP contribution in [0.4, 0.5) is 4.39 Å². The van der Waals surface area contributed by atoms with Gasteiger partial charge in [0.05, 0.1) is 5.41 Å². The first-order valence-electron chi connectivity index (χ1n) is 9.95. The Hall–Kier alpha value is -2.99. The van der Waals surface area contributed by atoms with Gasteiger partial charge in [0.1, 0.15) is 5.82 Å². The van der Waals surface area contributed by atoms with Crippen LogP contribution in [0.3, 0.4) is 0 Å². The number of nitrogens with two attached hydrogens (primary N) is 1. The molecule has 0 saturated carbocycles. The summed E-state index contributed by atoms with van der Waals surface area (Å²) in [6, 6.07) is 17.7. The van der Waals surface area contributed by atoms with Gasteiger partial charge in [-0.2, -0.15) is 0 Å². The summed E-state index contributed by atoms with van der Waals surface area (Å²) in [5.74, 6) is -1.13. The van der Waals surface area contributed by atoms with Crippen molar-refractivity contribution >= 4 is 23.2 Å². The maximum atomic E-state index is 13.6. The van der Waals surface area contributed by atoms with Crippen LogP contribution in [0.1, 0.15) is 28.8 Å². The van der Waals surface area contributed by atoms with Crippen LogP contribution in [0.25, 0.3) is 10.4 Å². The van der Waals surface area contributed by atoms with Gasteiger partial charge in [-0.1, -0.05) is 36.4 Å². The van der Waals surface area contributed by atoms with Crippen LogP contribution in [0.15, 0.2) is 66.0 Å². The summed E-state index contributed by atoms with van der Waals surface area (Å²) in [4.78, 5) is 28.4. The molecule has 0 unspecified atom stereocenters. The molecule has 0 aliphatic carbocycles. The van der Waals surface area contributed by atoms with Gasteiger partial charge in [0, 0.05) is 23.5 Å². The quantitative estimate of drug-likeness (QED) is 0.658. The highest BCUT2D eigenvalue weighted by atomic mass is 32.1. The van der Waals surface area contributed by atoms with Crippen LogP contribution in [-0.2, 0) is 11.2 Å². The predicted molar refractivity (Wildman–Crippen MR) is 117 cm³/mol. The average molecular weight is 423 g/mol. The van der Waals surface area contributed by atoms with E-state index in [4.69, 9.17) is 5.73 Å². The smallest absolute Gasteiger partial charge is 0.253 e. The predicted octanol–water partition coefficient (Wildman–Crippen LogP) is 4.50. The second-order valence-electron chi connectivity index (χ2n) is 7.80. The highest BCUT2D eigenvalue weighted by molar-refractivity contribution is 7.13. The Morgan fingerprint density at radius 2 is 1.93 bits per heavy atom. The summed E-state index contributed by atoms with van der Waals surface area (Å²) >= 11 is 1.65. The fourth-order valence-electron chi connectivity index (χ4n) is 4.25. The Kier molecular flexibility index (Phi) is 5.68. The third-order valence-electron chi connectivity index (χ3n) is 5.79. The monoisotopic (exact) mass is 422 g/mol. The van der Waals surface area contributed by atoms with Crippen molar-refractivity contribution in [3.8, 4) is 10.4 Å². The van der Waals surface area contributed by atoms with Gasteiger partial charge in [-0.05, 0) is 60.0 Å². The first-order valence-corrected chi connectivity index (χ1v) is 10.8. The minimum Gasteiger partial charge on any atom is -0.369 e. The maximum absolute atomic E-state index is 13.6. The first kappa shape index (κ1) is 20.3. The molecule has 4 rings (SSSR count). The topological polar surface area (TPSA) is 63.4 Å². The zero-order chi connectivity index (χ0) is 21.1. The van der Waals surface area contributed by atoms with Gasteiger partial charge >= 0.3 is 0 Å². The molecule has 2 N–H and O–H groups in total. The molecule has 6 heteroatoms. The number of rotatable bonds is 5. The van der Waals surface area contributed by atoms with E-state index in [1.165, 1.54) is 18.2 Å². The van der Waals surface area contributed by atoms with E-state index in [0.717, 1.165) is 16.0 Å². The molecule has 0 spiro atoms. The zero-order valence-electron chi connectivity index (χ0n) is 16.5. The molecule has 0 bridgehead atoms. The van der Waals surface area contributed by atoms with Crippen LogP contribution in [0.5, 0.6) is 0 Å². The van der Waals surface area contributed by atoms with Gasteiger partial charge < -0.3 is 10.6 Å². The molecule has 4 nitrogen and oxygen atoms in total. The Labute approximate surface area is 179 Å². The maximum Gasteiger partial charge on any atom is 0.253 e. The number of amides is 2. The number of hydrogen-bond donors (Lipinski definition) is 1. The van der Waals surface area contributed by atoms with E-state index >= 15 is 0 Å².